The molecule has 1 aromatic carbocycles. The van der Waals surface area contributed by atoms with Crippen molar-refractivity contribution in [3.8, 4) is 6.07 Å². The van der Waals surface area contributed by atoms with Crippen LogP contribution in [0.2, 0.25) is 0 Å². The Morgan fingerprint density at radius 3 is 3.05 bits per heavy atom. The van der Waals surface area contributed by atoms with E-state index in [-0.39, 0.29) is 5.41 Å². The fourth-order valence-electron chi connectivity index (χ4n) is 2.63. The molecule has 19 heavy (non-hydrogen) atoms. The third-order valence-corrected chi connectivity index (χ3v) is 3.63. The lowest BCUT2D eigenvalue weighted by atomic mass is 9.83. The average Bonchev–Trinajstić information content (AvgIpc) is 2.39. The van der Waals surface area contributed by atoms with E-state index in [2.05, 4.69) is 11.0 Å². The number of carbonyl (C=O) groups is 1. The Kier molecular flexibility index (Phi) is 3.87. The van der Waals surface area contributed by atoms with Crippen LogP contribution in [-0.4, -0.2) is 29.1 Å². The number of carboxylic acid groups (broad SMARTS) is 1. The molecule has 1 atom stereocenters. The molecule has 1 aliphatic rings. The Balaban J connectivity index is 2.07. The zero-order valence-corrected chi connectivity index (χ0v) is 11.1. The van der Waals surface area contributed by atoms with Crippen molar-refractivity contribution in [2.24, 2.45) is 5.41 Å². The van der Waals surface area contributed by atoms with Crippen molar-refractivity contribution < 1.29 is 9.90 Å². The van der Waals surface area contributed by atoms with Crippen LogP contribution in [0.5, 0.6) is 0 Å². The second-order valence-electron chi connectivity index (χ2n) is 5.49. The minimum absolute atomic E-state index is 0.275. The molecule has 0 aromatic heterocycles. The summed E-state index contributed by atoms with van der Waals surface area (Å²) in [4.78, 5) is 13.2. The fourth-order valence-corrected chi connectivity index (χ4v) is 2.63. The first kappa shape index (κ1) is 13.6. The lowest BCUT2D eigenvalue weighted by Crippen LogP contribution is -2.40. The molecule has 0 amide bonds. The summed E-state index contributed by atoms with van der Waals surface area (Å²) < 4.78 is 0. The maximum Gasteiger partial charge on any atom is 0.335 e. The molecular weight excluding hydrogens is 240 g/mol. The van der Waals surface area contributed by atoms with Gasteiger partial charge in [0, 0.05) is 13.1 Å². The molecule has 100 valence electrons. The van der Waals surface area contributed by atoms with E-state index in [1.165, 1.54) is 0 Å². The van der Waals surface area contributed by atoms with Crippen molar-refractivity contribution >= 4 is 5.97 Å². The van der Waals surface area contributed by atoms with Crippen molar-refractivity contribution in [3.63, 3.8) is 0 Å². The number of nitriles is 1. The van der Waals surface area contributed by atoms with E-state index in [0.29, 0.717) is 12.1 Å². The van der Waals surface area contributed by atoms with E-state index in [4.69, 9.17) is 5.11 Å². The molecule has 1 fully saturated rings. The third-order valence-electron chi connectivity index (χ3n) is 3.63. The first-order valence-electron chi connectivity index (χ1n) is 6.48. The van der Waals surface area contributed by atoms with Gasteiger partial charge in [-0.05, 0) is 44.0 Å². The number of likely N-dealkylation sites (tertiary alicyclic amines) is 1. The number of hydrogen-bond acceptors (Lipinski definition) is 3. The molecule has 2 rings (SSSR count). The molecule has 4 heteroatoms. The van der Waals surface area contributed by atoms with Crippen LogP contribution in [0.25, 0.3) is 0 Å². The second-order valence-corrected chi connectivity index (χ2v) is 5.49. The van der Waals surface area contributed by atoms with E-state index in [1.54, 1.807) is 18.2 Å². The lowest BCUT2D eigenvalue weighted by Gasteiger charge is -2.36. The van der Waals surface area contributed by atoms with Crippen LogP contribution in [0, 0.1) is 16.7 Å². The highest BCUT2D eigenvalue weighted by Crippen LogP contribution is 2.29. The highest BCUT2D eigenvalue weighted by Gasteiger charge is 2.30. The molecule has 1 heterocycles. The standard InChI is InChI=1S/C15H18N2O2/c1-15(10-16)6-3-7-17(11-15)9-12-4-2-5-13(8-12)14(18)19/h2,4-5,8H,3,6-7,9,11H2,1H3,(H,18,19)/t15-/m0/s1. The SMILES string of the molecule is C[C@@]1(C#N)CCCN(Cc2cccc(C(=O)O)c2)C1. The molecule has 0 bridgehead atoms. The predicted octanol–water partition coefficient (Wildman–Crippen LogP) is 2.51. The van der Waals surface area contributed by atoms with E-state index < -0.39 is 5.97 Å². The number of aromatic carboxylic acids is 1. The van der Waals surface area contributed by atoms with Crippen LogP contribution >= 0.6 is 0 Å². The van der Waals surface area contributed by atoms with Gasteiger partial charge < -0.3 is 5.11 Å². The quantitative estimate of drug-likeness (QED) is 0.904. The van der Waals surface area contributed by atoms with Crippen LogP contribution in [0.4, 0.5) is 0 Å². The number of piperidine rings is 1. The predicted molar refractivity (Wildman–Crippen MR) is 71.6 cm³/mol. The minimum Gasteiger partial charge on any atom is -0.478 e. The van der Waals surface area contributed by atoms with Gasteiger partial charge in [-0.1, -0.05) is 12.1 Å². The normalized spacial score (nSPS) is 23.8. The zero-order valence-electron chi connectivity index (χ0n) is 11.1. The molecule has 0 radical (unpaired) electrons. The smallest absolute Gasteiger partial charge is 0.335 e. The van der Waals surface area contributed by atoms with E-state index >= 15 is 0 Å². The van der Waals surface area contributed by atoms with Gasteiger partial charge in [0.25, 0.3) is 0 Å². The molecular formula is C15H18N2O2. The van der Waals surface area contributed by atoms with Crippen LogP contribution in [0.15, 0.2) is 24.3 Å². The van der Waals surface area contributed by atoms with E-state index in [0.717, 1.165) is 31.5 Å². The largest absolute Gasteiger partial charge is 0.478 e. The molecule has 1 saturated heterocycles. The zero-order chi connectivity index (χ0) is 13.9. The Labute approximate surface area is 113 Å². The summed E-state index contributed by atoms with van der Waals surface area (Å²) in [6, 6.07) is 9.40. The maximum atomic E-state index is 10.9. The highest BCUT2D eigenvalue weighted by atomic mass is 16.4. The highest BCUT2D eigenvalue weighted by molar-refractivity contribution is 5.87. The number of nitrogens with zero attached hydrogens (tertiary/aromatic N) is 2. The van der Waals surface area contributed by atoms with Crippen LogP contribution in [0.3, 0.4) is 0 Å². The van der Waals surface area contributed by atoms with E-state index in [1.807, 2.05) is 13.0 Å². The second kappa shape index (κ2) is 5.41. The molecule has 0 saturated carbocycles. The Morgan fingerprint density at radius 1 is 1.58 bits per heavy atom. The van der Waals surface area contributed by atoms with Crippen molar-refractivity contribution in [2.75, 3.05) is 13.1 Å². The van der Waals surface area contributed by atoms with Gasteiger partial charge in [0.15, 0.2) is 0 Å². The van der Waals surface area contributed by atoms with E-state index in [9.17, 15) is 10.1 Å². The Bertz CT molecular complexity index is 521. The van der Waals surface area contributed by atoms with Crippen molar-refractivity contribution in [2.45, 2.75) is 26.3 Å². The average molecular weight is 258 g/mol. The van der Waals surface area contributed by atoms with Gasteiger partial charge in [-0.2, -0.15) is 5.26 Å². The van der Waals surface area contributed by atoms with Gasteiger partial charge in [-0.3, -0.25) is 4.90 Å². The van der Waals surface area contributed by atoms with Gasteiger partial charge in [-0.25, -0.2) is 4.79 Å². The number of benzene rings is 1. The Hall–Kier alpha value is -1.86. The van der Waals surface area contributed by atoms with Gasteiger partial charge >= 0.3 is 5.97 Å². The first-order valence-corrected chi connectivity index (χ1v) is 6.48. The van der Waals surface area contributed by atoms with Crippen LogP contribution < -0.4 is 0 Å². The molecule has 0 spiro atoms. The van der Waals surface area contributed by atoms with Gasteiger partial charge in [-0.15, -0.1) is 0 Å². The molecule has 0 aliphatic carbocycles. The lowest BCUT2D eigenvalue weighted by molar-refractivity contribution is 0.0696. The first-order chi connectivity index (χ1) is 9.02. The summed E-state index contributed by atoms with van der Waals surface area (Å²) >= 11 is 0. The number of hydrogen-bond donors (Lipinski definition) is 1. The van der Waals surface area contributed by atoms with Crippen molar-refractivity contribution in [1.82, 2.24) is 4.90 Å². The molecule has 1 aromatic rings. The maximum absolute atomic E-state index is 10.9. The summed E-state index contributed by atoms with van der Waals surface area (Å²) in [5.74, 6) is -0.901. The summed E-state index contributed by atoms with van der Waals surface area (Å²) in [6.45, 7) is 4.42. The summed E-state index contributed by atoms with van der Waals surface area (Å²) in [7, 11) is 0. The summed E-state index contributed by atoms with van der Waals surface area (Å²) in [5.41, 5.74) is 1.03. The molecule has 4 nitrogen and oxygen atoms in total. The topological polar surface area (TPSA) is 64.3 Å². The minimum atomic E-state index is -0.901. The van der Waals surface area contributed by atoms with Gasteiger partial charge in [0.1, 0.15) is 0 Å². The monoisotopic (exact) mass is 258 g/mol. The molecule has 1 aliphatic heterocycles. The Morgan fingerprint density at radius 2 is 2.37 bits per heavy atom. The van der Waals surface area contributed by atoms with Crippen molar-refractivity contribution in [1.29, 1.82) is 5.26 Å². The molecule has 0 unspecified atom stereocenters. The third kappa shape index (κ3) is 3.33. The summed E-state index contributed by atoms with van der Waals surface area (Å²) in [6.07, 6.45) is 1.96. The number of carboxylic acids is 1. The van der Waals surface area contributed by atoms with Crippen LogP contribution in [0.1, 0.15) is 35.7 Å². The van der Waals surface area contributed by atoms with Gasteiger partial charge in [0.05, 0.1) is 17.0 Å². The summed E-state index contributed by atoms with van der Waals surface area (Å²) in [5, 5.41) is 18.2. The van der Waals surface area contributed by atoms with Crippen LogP contribution in [-0.2, 0) is 6.54 Å². The number of rotatable bonds is 3. The van der Waals surface area contributed by atoms with Gasteiger partial charge in [0.2, 0.25) is 0 Å². The van der Waals surface area contributed by atoms with Crippen molar-refractivity contribution in [3.05, 3.63) is 35.4 Å². The molecule has 1 N–H and O–H groups in total. The fraction of sp³-hybridized carbons (Fsp3) is 0.467.